The monoisotopic (exact) mass is 283 g/mol. The normalized spacial score (nSPS) is 10.1. The molecule has 19 heavy (non-hydrogen) atoms. The van der Waals surface area contributed by atoms with Crippen molar-refractivity contribution >= 4 is 29.3 Å². The van der Waals surface area contributed by atoms with Gasteiger partial charge in [-0.2, -0.15) is 0 Å². The van der Waals surface area contributed by atoms with Crippen molar-refractivity contribution in [2.24, 2.45) is 0 Å². The topological polar surface area (TPSA) is 78.9 Å². The van der Waals surface area contributed by atoms with Gasteiger partial charge in [0.1, 0.15) is 11.6 Å². The van der Waals surface area contributed by atoms with Crippen molar-refractivity contribution in [1.29, 1.82) is 0 Å². The molecule has 6 nitrogen and oxygen atoms in total. The molecule has 0 aliphatic heterocycles. The van der Waals surface area contributed by atoms with Gasteiger partial charge in [0.15, 0.2) is 5.16 Å². The van der Waals surface area contributed by atoms with Crippen LogP contribution in [0.1, 0.15) is 20.3 Å². The van der Waals surface area contributed by atoms with Gasteiger partial charge in [0.25, 0.3) is 0 Å². The maximum atomic E-state index is 11.4. The molecule has 0 atom stereocenters. The molecule has 0 saturated heterocycles. The molecule has 0 aliphatic rings. The number of thioether (sulfide) groups is 1. The summed E-state index contributed by atoms with van der Waals surface area (Å²) >= 11 is 1.47. The van der Waals surface area contributed by atoms with Gasteiger partial charge in [-0.1, -0.05) is 18.7 Å². The molecule has 1 rings (SSSR count). The first kappa shape index (κ1) is 15.6. The van der Waals surface area contributed by atoms with E-state index in [-0.39, 0.29) is 12.5 Å². The standard InChI is InChI=1S/C12H21N5OS/c1-4-6-14-9-7-10(17-12(16-9)19-3)15-8-11(18)13-5-2/h7H,4-6,8H2,1-3H3,(H,13,18)(H2,14,15,16,17). The summed E-state index contributed by atoms with van der Waals surface area (Å²) in [4.78, 5) is 20.1. The van der Waals surface area contributed by atoms with Crippen molar-refractivity contribution in [2.45, 2.75) is 25.4 Å². The van der Waals surface area contributed by atoms with Crippen LogP contribution in [0.2, 0.25) is 0 Å². The molecule has 3 N–H and O–H groups in total. The third-order valence-electron chi connectivity index (χ3n) is 2.25. The Kier molecular flexibility index (Phi) is 7.02. The molecule has 0 radical (unpaired) electrons. The first-order valence-corrected chi connectivity index (χ1v) is 7.59. The highest BCUT2D eigenvalue weighted by atomic mass is 32.2. The van der Waals surface area contributed by atoms with Crippen molar-refractivity contribution in [2.75, 3.05) is 36.5 Å². The SMILES string of the molecule is CCCNc1cc(NCC(=O)NCC)nc(SC)n1. The second kappa shape index (κ2) is 8.58. The molecule has 1 aromatic heterocycles. The molecule has 106 valence electrons. The van der Waals surface area contributed by atoms with Crippen LogP contribution in [0.15, 0.2) is 11.2 Å². The molecule has 1 aromatic rings. The fourth-order valence-electron chi connectivity index (χ4n) is 1.38. The Labute approximate surface area is 118 Å². The predicted molar refractivity (Wildman–Crippen MR) is 79.8 cm³/mol. The summed E-state index contributed by atoms with van der Waals surface area (Å²) in [7, 11) is 0. The van der Waals surface area contributed by atoms with E-state index < -0.39 is 0 Å². The molecule has 0 saturated carbocycles. The van der Waals surface area contributed by atoms with E-state index in [2.05, 4.69) is 32.8 Å². The van der Waals surface area contributed by atoms with Crippen LogP contribution in [0.5, 0.6) is 0 Å². The van der Waals surface area contributed by atoms with Gasteiger partial charge in [-0.3, -0.25) is 4.79 Å². The van der Waals surface area contributed by atoms with Crippen molar-refractivity contribution in [1.82, 2.24) is 15.3 Å². The zero-order chi connectivity index (χ0) is 14.1. The summed E-state index contributed by atoms with van der Waals surface area (Å²) in [5.74, 6) is 1.39. The van der Waals surface area contributed by atoms with Crippen LogP contribution in [0, 0.1) is 0 Å². The largest absolute Gasteiger partial charge is 0.370 e. The summed E-state index contributed by atoms with van der Waals surface area (Å²) < 4.78 is 0. The second-order valence-electron chi connectivity index (χ2n) is 3.86. The van der Waals surface area contributed by atoms with E-state index >= 15 is 0 Å². The summed E-state index contributed by atoms with van der Waals surface area (Å²) in [6.45, 7) is 5.69. The second-order valence-corrected chi connectivity index (χ2v) is 4.63. The average Bonchev–Trinajstić information content (AvgIpc) is 2.43. The van der Waals surface area contributed by atoms with Crippen LogP contribution in [0.3, 0.4) is 0 Å². The minimum absolute atomic E-state index is 0.0464. The van der Waals surface area contributed by atoms with E-state index in [4.69, 9.17) is 0 Å². The lowest BCUT2D eigenvalue weighted by Gasteiger charge is -2.10. The maximum Gasteiger partial charge on any atom is 0.239 e. The van der Waals surface area contributed by atoms with Crippen molar-refractivity contribution in [3.8, 4) is 0 Å². The summed E-state index contributed by atoms with van der Waals surface area (Å²) in [6.07, 6.45) is 2.95. The Hall–Kier alpha value is -1.50. The summed E-state index contributed by atoms with van der Waals surface area (Å²) in [5, 5.41) is 9.63. The van der Waals surface area contributed by atoms with Gasteiger partial charge < -0.3 is 16.0 Å². The molecule has 1 amide bonds. The highest BCUT2D eigenvalue weighted by Gasteiger charge is 2.05. The van der Waals surface area contributed by atoms with Gasteiger partial charge in [0.2, 0.25) is 5.91 Å². The van der Waals surface area contributed by atoms with Crippen LogP contribution in [0.4, 0.5) is 11.6 Å². The van der Waals surface area contributed by atoms with E-state index in [1.54, 1.807) is 0 Å². The van der Waals surface area contributed by atoms with Gasteiger partial charge in [0, 0.05) is 19.2 Å². The minimum atomic E-state index is -0.0464. The summed E-state index contributed by atoms with van der Waals surface area (Å²) in [5.41, 5.74) is 0. The molecular weight excluding hydrogens is 262 g/mol. The van der Waals surface area contributed by atoms with Crippen LogP contribution >= 0.6 is 11.8 Å². The van der Waals surface area contributed by atoms with Crippen molar-refractivity contribution in [3.63, 3.8) is 0 Å². The maximum absolute atomic E-state index is 11.4. The fraction of sp³-hybridized carbons (Fsp3) is 0.583. The van der Waals surface area contributed by atoms with Crippen LogP contribution in [-0.2, 0) is 4.79 Å². The molecular formula is C12H21N5OS. The Balaban J connectivity index is 2.67. The van der Waals surface area contributed by atoms with Crippen molar-refractivity contribution < 1.29 is 4.79 Å². The average molecular weight is 283 g/mol. The van der Waals surface area contributed by atoms with E-state index in [9.17, 15) is 4.79 Å². The van der Waals surface area contributed by atoms with Crippen LogP contribution in [0.25, 0.3) is 0 Å². The van der Waals surface area contributed by atoms with E-state index in [0.29, 0.717) is 17.5 Å². The van der Waals surface area contributed by atoms with Gasteiger partial charge in [-0.05, 0) is 19.6 Å². The van der Waals surface area contributed by atoms with Gasteiger partial charge in [0.05, 0.1) is 6.54 Å². The van der Waals surface area contributed by atoms with Crippen LogP contribution < -0.4 is 16.0 Å². The minimum Gasteiger partial charge on any atom is -0.370 e. The lowest BCUT2D eigenvalue weighted by Crippen LogP contribution is -2.29. The number of hydrogen-bond donors (Lipinski definition) is 3. The molecule has 0 unspecified atom stereocenters. The van der Waals surface area contributed by atoms with Crippen LogP contribution in [-0.4, -0.2) is 41.8 Å². The van der Waals surface area contributed by atoms with E-state index in [0.717, 1.165) is 18.8 Å². The highest BCUT2D eigenvalue weighted by molar-refractivity contribution is 7.98. The smallest absolute Gasteiger partial charge is 0.239 e. The number of rotatable bonds is 8. The lowest BCUT2D eigenvalue weighted by atomic mass is 10.4. The highest BCUT2D eigenvalue weighted by Crippen LogP contribution is 2.17. The molecule has 1 heterocycles. The number of aromatic nitrogens is 2. The number of nitrogens with zero attached hydrogens (tertiary/aromatic N) is 2. The molecule has 7 heteroatoms. The quantitative estimate of drug-likeness (QED) is 0.496. The van der Waals surface area contributed by atoms with Gasteiger partial charge in [-0.25, -0.2) is 9.97 Å². The first-order chi connectivity index (χ1) is 9.19. The van der Waals surface area contributed by atoms with Crippen molar-refractivity contribution in [3.05, 3.63) is 6.07 Å². The number of amides is 1. The molecule has 0 aliphatic carbocycles. The molecule has 0 fully saturated rings. The lowest BCUT2D eigenvalue weighted by molar-refractivity contribution is -0.119. The van der Waals surface area contributed by atoms with E-state index in [1.807, 2.05) is 19.2 Å². The Bertz CT molecular complexity index is 413. The zero-order valence-electron chi connectivity index (χ0n) is 11.6. The predicted octanol–water partition coefficient (Wildman–Crippen LogP) is 1.57. The van der Waals surface area contributed by atoms with E-state index in [1.165, 1.54) is 11.8 Å². The third-order valence-corrected chi connectivity index (χ3v) is 2.80. The molecule has 0 aromatic carbocycles. The third kappa shape index (κ3) is 5.78. The number of hydrogen-bond acceptors (Lipinski definition) is 6. The Morgan fingerprint density at radius 1 is 1.26 bits per heavy atom. The Morgan fingerprint density at radius 2 is 1.95 bits per heavy atom. The number of nitrogens with one attached hydrogen (secondary N) is 3. The fourth-order valence-corrected chi connectivity index (χ4v) is 1.76. The number of carbonyl (C=O) groups excluding carboxylic acids is 1. The molecule has 0 spiro atoms. The first-order valence-electron chi connectivity index (χ1n) is 6.37. The zero-order valence-corrected chi connectivity index (χ0v) is 12.4. The molecule has 0 bridgehead atoms. The number of anilines is 2. The number of likely N-dealkylation sites (N-methyl/N-ethyl adjacent to an activating group) is 1. The van der Waals surface area contributed by atoms with Gasteiger partial charge >= 0.3 is 0 Å². The Morgan fingerprint density at radius 3 is 2.53 bits per heavy atom. The number of carbonyl (C=O) groups is 1. The van der Waals surface area contributed by atoms with Gasteiger partial charge in [-0.15, -0.1) is 0 Å². The summed E-state index contributed by atoms with van der Waals surface area (Å²) in [6, 6.07) is 1.81.